The quantitative estimate of drug-likeness (QED) is 0.624. The molecule has 0 radical (unpaired) electrons. The van der Waals surface area contributed by atoms with Crippen LogP contribution in [-0.4, -0.2) is 12.2 Å². The summed E-state index contributed by atoms with van der Waals surface area (Å²) in [5, 5.41) is 2.70. The molecule has 0 bridgehead atoms. The van der Waals surface area contributed by atoms with Crippen molar-refractivity contribution in [3.8, 4) is 0 Å². The van der Waals surface area contributed by atoms with E-state index >= 15 is 0 Å². The first kappa shape index (κ1) is 8.55. The van der Waals surface area contributed by atoms with E-state index in [2.05, 4.69) is 21.2 Å². The summed E-state index contributed by atoms with van der Waals surface area (Å²) >= 11 is 0. The summed E-state index contributed by atoms with van der Waals surface area (Å²) in [6.45, 7) is 1.48. The Hall–Kier alpha value is -2.04. The monoisotopic (exact) mass is 190 g/mol. The summed E-state index contributed by atoms with van der Waals surface area (Å²) in [6, 6.07) is 5.47. The maximum Gasteiger partial charge on any atom is 0.221 e. The normalized spacial score (nSPS) is 12.4. The molecule has 1 heterocycles. The fraction of sp³-hybridized carbons (Fsp3) is 0.111. The molecule has 0 aliphatic carbocycles. The van der Waals surface area contributed by atoms with Crippen LogP contribution in [0.2, 0.25) is 0 Å². The molecule has 72 valence electrons. The Bertz CT molecular complexity index is 400. The Morgan fingerprint density at radius 2 is 2.36 bits per heavy atom. The number of hydrogen-bond acceptors (Lipinski definition) is 4. The number of nitrogens with one attached hydrogen (secondary N) is 3. The SMILES string of the molecule is CC(=O)Nc1ccc2c(c1)NNC=N2. The highest BCUT2D eigenvalue weighted by Gasteiger charge is 2.05. The number of hydrazine groups is 1. The van der Waals surface area contributed by atoms with Crippen LogP contribution >= 0.6 is 0 Å². The molecule has 1 aromatic rings. The van der Waals surface area contributed by atoms with Gasteiger partial charge >= 0.3 is 0 Å². The molecule has 5 heteroatoms. The van der Waals surface area contributed by atoms with E-state index in [0.29, 0.717) is 0 Å². The van der Waals surface area contributed by atoms with E-state index in [1.165, 1.54) is 6.92 Å². The van der Waals surface area contributed by atoms with Crippen molar-refractivity contribution in [2.24, 2.45) is 4.99 Å². The van der Waals surface area contributed by atoms with Gasteiger partial charge in [0.05, 0.1) is 11.4 Å². The highest BCUT2D eigenvalue weighted by atomic mass is 16.1. The molecule has 0 fully saturated rings. The summed E-state index contributed by atoms with van der Waals surface area (Å²) in [5.74, 6) is -0.0859. The third-order valence-electron chi connectivity index (χ3n) is 1.79. The highest BCUT2D eigenvalue weighted by molar-refractivity contribution is 5.90. The van der Waals surface area contributed by atoms with Gasteiger partial charge in [-0.15, -0.1) is 0 Å². The predicted molar refractivity (Wildman–Crippen MR) is 55.7 cm³/mol. The van der Waals surface area contributed by atoms with Crippen molar-refractivity contribution in [1.82, 2.24) is 5.43 Å². The molecule has 1 aliphatic rings. The topological polar surface area (TPSA) is 65.5 Å². The van der Waals surface area contributed by atoms with E-state index < -0.39 is 0 Å². The van der Waals surface area contributed by atoms with Gasteiger partial charge in [-0.1, -0.05) is 0 Å². The van der Waals surface area contributed by atoms with E-state index in [1.54, 1.807) is 6.34 Å². The molecule has 5 nitrogen and oxygen atoms in total. The lowest BCUT2D eigenvalue weighted by atomic mass is 10.2. The van der Waals surface area contributed by atoms with Crippen molar-refractivity contribution in [1.29, 1.82) is 0 Å². The second-order valence-electron chi connectivity index (χ2n) is 2.94. The van der Waals surface area contributed by atoms with Gasteiger partial charge in [0, 0.05) is 12.6 Å². The lowest BCUT2D eigenvalue weighted by Crippen LogP contribution is -2.22. The van der Waals surface area contributed by atoms with Crippen molar-refractivity contribution in [3.05, 3.63) is 18.2 Å². The van der Waals surface area contributed by atoms with Crippen LogP contribution in [0.15, 0.2) is 23.2 Å². The molecule has 2 rings (SSSR count). The largest absolute Gasteiger partial charge is 0.326 e. The van der Waals surface area contributed by atoms with Gasteiger partial charge < -0.3 is 5.32 Å². The van der Waals surface area contributed by atoms with Gasteiger partial charge in [0.1, 0.15) is 6.34 Å². The van der Waals surface area contributed by atoms with Crippen LogP contribution in [0.1, 0.15) is 6.92 Å². The molecule has 1 aliphatic heterocycles. The van der Waals surface area contributed by atoms with Crippen molar-refractivity contribution in [3.63, 3.8) is 0 Å². The minimum atomic E-state index is -0.0859. The van der Waals surface area contributed by atoms with Gasteiger partial charge in [0.2, 0.25) is 5.91 Å². The molecule has 0 saturated carbocycles. The smallest absolute Gasteiger partial charge is 0.221 e. The fourth-order valence-corrected chi connectivity index (χ4v) is 1.24. The van der Waals surface area contributed by atoms with E-state index in [-0.39, 0.29) is 5.91 Å². The number of aliphatic imine (C=N–C) groups is 1. The first-order valence-corrected chi connectivity index (χ1v) is 4.21. The lowest BCUT2D eigenvalue weighted by molar-refractivity contribution is -0.114. The first-order chi connectivity index (χ1) is 6.75. The maximum atomic E-state index is 10.8. The number of benzene rings is 1. The van der Waals surface area contributed by atoms with Crippen LogP contribution in [0, 0.1) is 0 Å². The molecule has 0 atom stereocenters. The van der Waals surface area contributed by atoms with Crippen molar-refractivity contribution in [2.75, 3.05) is 10.7 Å². The first-order valence-electron chi connectivity index (χ1n) is 4.21. The summed E-state index contributed by atoms with van der Waals surface area (Å²) in [6.07, 6.45) is 1.57. The molecule has 0 saturated heterocycles. The average molecular weight is 190 g/mol. The van der Waals surface area contributed by atoms with Crippen LogP contribution < -0.4 is 16.2 Å². The molecule has 3 N–H and O–H groups in total. The van der Waals surface area contributed by atoms with Crippen LogP contribution in [-0.2, 0) is 4.79 Å². The number of hydrogen-bond donors (Lipinski definition) is 3. The molecule has 0 aromatic heterocycles. The molecule has 14 heavy (non-hydrogen) atoms. The van der Waals surface area contributed by atoms with Crippen LogP contribution in [0.4, 0.5) is 17.1 Å². The summed E-state index contributed by atoms with van der Waals surface area (Å²) < 4.78 is 0. The van der Waals surface area contributed by atoms with Crippen molar-refractivity contribution >= 4 is 29.3 Å². The number of fused-ring (bicyclic) bond motifs is 1. The average Bonchev–Trinajstić information content (AvgIpc) is 2.17. The number of anilines is 2. The zero-order valence-electron chi connectivity index (χ0n) is 7.66. The Morgan fingerprint density at radius 3 is 3.14 bits per heavy atom. The Labute approximate surface area is 81.2 Å². The molecular formula is C9H10N4O. The number of rotatable bonds is 1. The molecule has 0 unspecified atom stereocenters. The van der Waals surface area contributed by atoms with Gasteiger partial charge in [-0.25, -0.2) is 4.99 Å². The Morgan fingerprint density at radius 1 is 1.50 bits per heavy atom. The summed E-state index contributed by atoms with van der Waals surface area (Å²) in [4.78, 5) is 14.9. The minimum Gasteiger partial charge on any atom is -0.326 e. The van der Waals surface area contributed by atoms with Gasteiger partial charge in [0.15, 0.2) is 0 Å². The van der Waals surface area contributed by atoms with E-state index in [1.807, 2.05) is 18.2 Å². The Kier molecular flexibility index (Phi) is 2.06. The molecular weight excluding hydrogens is 180 g/mol. The maximum absolute atomic E-state index is 10.8. The predicted octanol–water partition coefficient (Wildman–Crippen LogP) is 1.23. The van der Waals surface area contributed by atoms with E-state index in [4.69, 9.17) is 0 Å². The number of amides is 1. The third-order valence-corrected chi connectivity index (χ3v) is 1.79. The second kappa shape index (κ2) is 3.37. The van der Waals surface area contributed by atoms with E-state index in [0.717, 1.165) is 17.1 Å². The molecule has 0 spiro atoms. The van der Waals surface area contributed by atoms with Crippen LogP contribution in [0.25, 0.3) is 0 Å². The fourth-order valence-electron chi connectivity index (χ4n) is 1.24. The van der Waals surface area contributed by atoms with E-state index in [9.17, 15) is 4.79 Å². The van der Waals surface area contributed by atoms with Gasteiger partial charge in [-0.05, 0) is 18.2 Å². The van der Waals surface area contributed by atoms with Crippen molar-refractivity contribution < 1.29 is 4.79 Å². The number of carbonyl (C=O) groups excluding carboxylic acids is 1. The van der Waals surface area contributed by atoms with Gasteiger partial charge in [-0.3, -0.25) is 15.6 Å². The third kappa shape index (κ3) is 1.66. The van der Waals surface area contributed by atoms with Crippen LogP contribution in [0.3, 0.4) is 0 Å². The Balaban J connectivity index is 2.30. The number of carbonyl (C=O) groups is 1. The second-order valence-corrected chi connectivity index (χ2v) is 2.94. The highest BCUT2D eigenvalue weighted by Crippen LogP contribution is 2.28. The zero-order chi connectivity index (χ0) is 9.97. The van der Waals surface area contributed by atoms with Crippen LogP contribution in [0.5, 0.6) is 0 Å². The number of nitrogens with zero attached hydrogens (tertiary/aromatic N) is 1. The lowest BCUT2D eigenvalue weighted by Gasteiger charge is -2.14. The molecule has 1 aromatic carbocycles. The summed E-state index contributed by atoms with van der Waals surface area (Å²) in [7, 11) is 0. The summed E-state index contributed by atoms with van der Waals surface area (Å²) in [5.41, 5.74) is 8.14. The molecule has 1 amide bonds. The zero-order valence-corrected chi connectivity index (χ0v) is 7.66. The standard InChI is InChI=1S/C9H10N4O/c1-6(14)12-7-2-3-8-9(4-7)13-11-5-10-8/h2-5,13H,1H3,(H,10,11)(H,12,14). The van der Waals surface area contributed by atoms with Crippen molar-refractivity contribution in [2.45, 2.75) is 6.92 Å². The van der Waals surface area contributed by atoms with Gasteiger partial charge in [0.25, 0.3) is 0 Å². The van der Waals surface area contributed by atoms with Gasteiger partial charge in [-0.2, -0.15) is 0 Å². The minimum absolute atomic E-state index is 0.0859.